The third-order valence-corrected chi connectivity index (χ3v) is 4.14. The minimum Gasteiger partial charge on any atom is -0.314 e. The molecule has 0 saturated heterocycles. The van der Waals surface area contributed by atoms with Crippen molar-refractivity contribution in [3.63, 3.8) is 0 Å². The molecule has 0 aliphatic rings. The predicted molar refractivity (Wildman–Crippen MR) is 78.9 cm³/mol. The third-order valence-electron chi connectivity index (χ3n) is 2.70. The molecule has 108 valence electrons. The molecule has 0 amide bonds. The zero-order chi connectivity index (χ0) is 14.5. The van der Waals surface area contributed by atoms with Gasteiger partial charge in [-0.15, -0.1) is 0 Å². The van der Waals surface area contributed by atoms with Gasteiger partial charge in [-0.05, 0) is 50.1 Å². The standard InChI is InChI=1S/C14H24N2O2S/c1-11(2)15-6-5-7-16-19(17,18)14-9-12(3)8-13(4)10-14/h8-11,15-16H,5-7H2,1-4H3. The van der Waals surface area contributed by atoms with Gasteiger partial charge in [0.2, 0.25) is 10.0 Å². The van der Waals surface area contributed by atoms with Gasteiger partial charge >= 0.3 is 0 Å². The van der Waals surface area contributed by atoms with E-state index in [0.717, 1.165) is 24.1 Å². The minimum atomic E-state index is -3.38. The molecule has 0 atom stereocenters. The monoisotopic (exact) mass is 284 g/mol. The van der Waals surface area contributed by atoms with Crippen LogP contribution in [0.4, 0.5) is 0 Å². The normalized spacial score (nSPS) is 12.1. The fourth-order valence-electron chi connectivity index (χ4n) is 1.86. The van der Waals surface area contributed by atoms with Crippen LogP contribution in [0.15, 0.2) is 23.1 Å². The van der Waals surface area contributed by atoms with Crippen molar-refractivity contribution in [3.8, 4) is 0 Å². The number of hydrogen-bond acceptors (Lipinski definition) is 3. The number of benzene rings is 1. The van der Waals surface area contributed by atoms with Gasteiger partial charge in [0.15, 0.2) is 0 Å². The summed E-state index contributed by atoms with van der Waals surface area (Å²) in [7, 11) is -3.38. The van der Waals surface area contributed by atoms with E-state index in [1.807, 2.05) is 19.9 Å². The average molecular weight is 284 g/mol. The van der Waals surface area contributed by atoms with Crippen molar-refractivity contribution in [2.24, 2.45) is 0 Å². The molecule has 0 saturated carbocycles. The molecular formula is C14H24N2O2S. The molecule has 5 heteroatoms. The maximum absolute atomic E-state index is 12.1. The molecule has 0 radical (unpaired) electrons. The van der Waals surface area contributed by atoms with Crippen LogP contribution in [-0.4, -0.2) is 27.5 Å². The third kappa shape index (κ3) is 5.72. The van der Waals surface area contributed by atoms with Crippen molar-refractivity contribution < 1.29 is 8.42 Å². The first-order chi connectivity index (χ1) is 8.81. The van der Waals surface area contributed by atoms with Gasteiger partial charge in [0.1, 0.15) is 0 Å². The van der Waals surface area contributed by atoms with E-state index >= 15 is 0 Å². The molecule has 1 aromatic rings. The van der Waals surface area contributed by atoms with Crippen LogP contribution in [0.1, 0.15) is 31.4 Å². The van der Waals surface area contributed by atoms with Crippen molar-refractivity contribution in [3.05, 3.63) is 29.3 Å². The number of nitrogens with one attached hydrogen (secondary N) is 2. The van der Waals surface area contributed by atoms with E-state index in [4.69, 9.17) is 0 Å². The first kappa shape index (κ1) is 16.1. The molecular weight excluding hydrogens is 260 g/mol. The Hall–Kier alpha value is -0.910. The predicted octanol–water partition coefficient (Wildman–Crippen LogP) is 1.97. The molecule has 1 aromatic carbocycles. The molecule has 0 aromatic heterocycles. The first-order valence-electron chi connectivity index (χ1n) is 6.62. The Morgan fingerprint density at radius 3 is 2.16 bits per heavy atom. The highest BCUT2D eigenvalue weighted by atomic mass is 32.2. The van der Waals surface area contributed by atoms with Gasteiger partial charge in [0.05, 0.1) is 4.90 Å². The lowest BCUT2D eigenvalue weighted by Crippen LogP contribution is -2.29. The smallest absolute Gasteiger partial charge is 0.240 e. The number of hydrogen-bond donors (Lipinski definition) is 2. The van der Waals surface area contributed by atoms with Crippen molar-refractivity contribution in [1.29, 1.82) is 0 Å². The van der Waals surface area contributed by atoms with Crippen LogP contribution in [0.5, 0.6) is 0 Å². The van der Waals surface area contributed by atoms with Gasteiger partial charge < -0.3 is 5.32 Å². The zero-order valence-electron chi connectivity index (χ0n) is 12.2. The van der Waals surface area contributed by atoms with Crippen LogP contribution in [0.3, 0.4) is 0 Å². The summed E-state index contributed by atoms with van der Waals surface area (Å²) < 4.78 is 26.8. The van der Waals surface area contributed by atoms with Crippen LogP contribution in [0.25, 0.3) is 0 Å². The summed E-state index contributed by atoms with van der Waals surface area (Å²) in [4.78, 5) is 0.349. The van der Waals surface area contributed by atoms with E-state index in [1.54, 1.807) is 12.1 Å². The second-order valence-electron chi connectivity index (χ2n) is 5.18. The highest BCUT2D eigenvalue weighted by molar-refractivity contribution is 7.89. The molecule has 0 aliphatic carbocycles. The second kappa shape index (κ2) is 7.03. The van der Waals surface area contributed by atoms with Crippen LogP contribution < -0.4 is 10.0 Å². The lowest BCUT2D eigenvalue weighted by Gasteiger charge is -2.10. The molecule has 0 heterocycles. The Bertz CT molecular complexity index is 490. The Morgan fingerprint density at radius 1 is 1.05 bits per heavy atom. The first-order valence-corrected chi connectivity index (χ1v) is 8.11. The van der Waals surface area contributed by atoms with Crippen LogP contribution in [-0.2, 0) is 10.0 Å². The van der Waals surface area contributed by atoms with E-state index in [-0.39, 0.29) is 0 Å². The molecule has 0 unspecified atom stereocenters. The van der Waals surface area contributed by atoms with Crippen LogP contribution >= 0.6 is 0 Å². The maximum atomic E-state index is 12.1. The average Bonchev–Trinajstić information content (AvgIpc) is 2.26. The number of aryl methyl sites for hydroxylation is 2. The van der Waals surface area contributed by atoms with E-state index in [1.165, 1.54) is 0 Å². The SMILES string of the molecule is Cc1cc(C)cc(S(=O)(=O)NCCCNC(C)C)c1. The summed E-state index contributed by atoms with van der Waals surface area (Å²) in [5.41, 5.74) is 1.92. The van der Waals surface area contributed by atoms with E-state index in [2.05, 4.69) is 23.9 Å². The topological polar surface area (TPSA) is 58.2 Å². The van der Waals surface area contributed by atoms with E-state index in [0.29, 0.717) is 17.5 Å². The van der Waals surface area contributed by atoms with Crippen LogP contribution in [0.2, 0.25) is 0 Å². The summed E-state index contributed by atoms with van der Waals surface area (Å²) >= 11 is 0. The summed E-state index contributed by atoms with van der Waals surface area (Å²) in [6.45, 7) is 9.21. The Kier molecular flexibility index (Phi) is 5.97. The summed E-state index contributed by atoms with van der Waals surface area (Å²) in [6, 6.07) is 5.78. The molecule has 19 heavy (non-hydrogen) atoms. The van der Waals surface area contributed by atoms with Gasteiger partial charge in [-0.1, -0.05) is 19.9 Å². The van der Waals surface area contributed by atoms with Crippen molar-refractivity contribution >= 4 is 10.0 Å². The molecule has 1 rings (SSSR count). The van der Waals surface area contributed by atoms with Gasteiger partial charge in [-0.3, -0.25) is 0 Å². The summed E-state index contributed by atoms with van der Waals surface area (Å²) in [6.07, 6.45) is 0.780. The van der Waals surface area contributed by atoms with Crippen molar-refractivity contribution in [2.75, 3.05) is 13.1 Å². The van der Waals surface area contributed by atoms with Crippen LogP contribution in [0, 0.1) is 13.8 Å². The Morgan fingerprint density at radius 2 is 1.63 bits per heavy atom. The lowest BCUT2D eigenvalue weighted by atomic mass is 10.2. The molecule has 0 bridgehead atoms. The quantitative estimate of drug-likeness (QED) is 0.753. The zero-order valence-corrected chi connectivity index (χ0v) is 13.0. The second-order valence-corrected chi connectivity index (χ2v) is 6.95. The minimum absolute atomic E-state index is 0.349. The van der Waals surface area contributed by atoms with E-state index < -0.39 is 10.0 Å². The molecule has 4 nitrogen and oxygen atoms in total. The number of sulfonamides is 1. The summed E-state index contributed by atoms with van der Waals surface area (Å²) in [5.74, 6) is 0. The molecule has 0 fully saturated rings. The van der Waals surface area contributed by atoms with Gasteiger partial charge in [0, 0.05) is 12.6 Å². The Labute approximate surface area is 116 Å². The molecule has 0 spiro atoms. The molecule has 0 aliphatic heterocycles. The van der Waals surface area contributed by atoms with Crippen molar-refractivity contribution in [1.82, 2.24) is 10.0 Å². The van der Waals surface area contributed by atoms with Crippen molar-refractivity contribution in [2.45, 2.75) is 45.1 Å². The maximum Gasteiger partial charge on any atom is 0.240 e. The fraction of sp³-hybridized carbons (Fsp3) is 0.571. The lowest BCUT2D eigenvalue weighted by molar-refractivity contribution is 0.554. The fourth-order valence-corrected chi connectivity index (χ4v) is 3.12. The Balaban J connectivity index is 2.56. The van der Waals surface area contributed by atoms with Gasteiger partial charge in [-0.25, -0.2) is 13.1 Å². The highest BCUT2D eigenvalue weighted by Gasteiger charge is 2.13. The summed E-state index contributed by atoms with van der Waals surface area (Å²) in [5, 5.41) is 3.25. The highest BCUT2D eigenvalue weighted by Crippen LogP contribution is 2.13. The molecule has 2 N–H and O–H groups in total. The van der Waals surface area contributed by atoms with Gasteiger partial charge in [0.25, 0.3) is 0 Å². The van der Waals surface area contributed by atoms with Gasteiger partial charge in [-0.2, -0.15) is 0 Å². The largest absolute Gasteiger partial charge is 0.314 e. The number of rotatable bonds is 7. The van der Waals surface area contributed by atoms with E-state index in [9.17, 15) is 8.42 Å².